The number of ether oxygens (including phenoxy) is 1. The number of carbonyl (C=O) groups excluding carboxylic acids is 2. The highest BCUT2D eigenvalue weighted by Crippen LogP contribution is 2.37. The van der Waals surface area contributed by atoms with Gasteiger partial charge in [-0.25, -0.2) is 4.90 Å². The van der Waals surface area contributed by atoms with E-state index in [0.29, 0.717) is 22.7 Å². The van der Waals surface area contributed by atoms with Crippen LogP contribution in [0.3, 0.4) is 0 Å². The maximum absolute atomic E-state index is 13.6. The summed E-state index contributed by atoms with van der Waals surface area (Å²) in [5, 5.41) is 3.19. The van der Waals surface area contributed by atoms with Gasteiger partial charge in [0.2, 0.25) is 0 Å². The fourth-order valence-corrected chi connectivity index (χ4v) is 3.66. The predicted octanol–water partition coefficient (Wildman–Crippen LogP) is 4.47. The van der Waals surface area contributed by atoms with Gasteiger partial charge in [0.05, 0.1) is 18.4 Å². The molecule has 1 aliphatic heterocycles. The van der Waals surface area contributed by atoms with Gasteiger partial charge in [0, 0.05) is 31.0 Å². The molecule has 0 saturated heterocycles. The molecule has 162 valence electrons. The molecular weight excluding hydrogens is 402 g/mol. The van der Waals surface area contributed by atoms with Crippen molar-refractivity contribution in [1.29, 1.82) is 0 Å². The van der Waals surface area contributed by atoms with Crippen LogP contribution in [0.5, 0.6) is 5.75 Å². The lowest BCUT2D eigenvalue weighted by atomic mass is 10.0. The first kappa shape index (κ1) is 21.2. The molecule has 2 amide bonds. The van der Waals surface area contributed by atoms with Crippen molar-refractivity contribution in [1.82, 2.24) is 0 Å². The molecular formula is C26H25N3O3. The minimum atomic E-state index is -0.406. The van der Waals surface area contributed by atoms with Gasteiger partial charge in [-0.2, -0.15) is 0 Å². The number of hydrogen-bond donors (Lipinski definition) is 1. The summed E-state index contributed by atoms with van der Waals surface area (Å²) in [5.74, 6) is -0.274. The monoisotopic (exact) mass is 427 g/mol. The number of benzene rings is 3. The Labute approximate surface area is 187 Å². The standard InChI is InChI=1S/C26H25N3O3/c1-17-9-13-20(14-10-17)29-25(30)23(21-7-5-6-8-22(21)32-4)24(26(29)31)27-18-11-15-19(16-12-18)28(2)3/h5-16,27H,1-4H3. The Hall–Kier alpha value is -4.06. The van der Waals surface area contributed by atoms with Gasteiger partial charge < -0.3 is 15.0 Å². The number of imide groups is 1. The molecule has 6 nitrogen and oxygen atoms in total. The van der Waals surface area contributed by atoms with Crippen molar-refractivity contribution in [3.63, 3.8) is 0 Å². The van der Waals surface area contributed by atoms with Crippen LogP contribution in [0.15, 0.2) is 78.5 Å². The maximum Gasteiger partial charge on any atom is 0.282 e. The number of nitrogens with one attached hydrogen (secondary N) is 1. The third-order valence-electron chi connectivity index (χ3n) is 5.41. The van der Waals surface area contributed by atoms with Gasteiger partial charge in [-0.3, -0.25) is 9.59 Å². The number of nitrogens with zero attached hydrogens (tertiary/aromatic N) is 2. The molecule has 4 rings (SSSR count). The molecule has 0 radical (unpaired) electrons. The average molecular weight is 428 g/mol. The first-order chi connectivity index (χ1) is 15.4. The van der Waals surface area contributed by atoms with E-state index in [0.717, 1.165) is 11.3 Å². The van der Waals surface area contributed by atoms with Crippen molar-refractivity contribution in [3.8, 4) is 5.75 Å². The lowest BCUT2D eigenvalue weighted by Gasteiger charge is -2.16. The van der Waals surface area contributed by atoms with E-state index in [4.69, 9.17) is 4.74 Å². The highest BCUT2D eigenvalue weighted by molar-refractivity contribution is 6.46. The van der Waals surface area contributed by atoms with Crippen LogP contribution in [0.25, 0.3) is 5.57 Å². The number of aryl methyl sites for hydroxylation is 1. The molecule has 0 saturated carbocycles. The zero-order valence-corrected chi connectivity index (χ0v) is 18.5. The van der Waals surface area contributed by atoms with E-state index in [1.165, 1.54) is 4.90 Å². The fraction of sp³-hybridized carbons (Fsp3) is 0.154. The molecule has 0 aromatic heterocycles. The summed E-state index contributed by atoms with van der Waals surface area (Å²) in [4.78, 5) is 30.3. The van der Waals surface area contributed by atoms with Gasteiger partial charge in [0.1, 0.15) is 11.4 Å². The van der Waals surface area contributed by atoms with Crippen LogP contribution in [0.2, 0.25) is 0 Å². The third kappa shape index (κ3) is 3.83. The van der Waals surface area contributed by atoms with Crippen molar-refractivity contribution in [2.24, 2.45) is 0 Å². The zero-order chi connectivity index (χ0) is 22.8. The van der Waals surface area contributed by atoms with Crippen LogP contribution in [0.1, 0.15) is 11.1 Å². The molecule has 1 aliphatic rings. The van der Waals surface area contributed by atoms with Gasteiger partial charge in [0.15, 0.2) is 0 Å². The van der Waals surface area contributed by atoms with Gasteiger partial charge in [0.25, 0.3) is 11.8 Å². The molecule has 0 atom stereocenters. The fourth-order valence-electron chi connectivity index (χ4n) is 3.66. The van der Waals surface area contributed by atoms with Crippen molar-refractivity contribution in [2.45, 2.75) is 6.92 Å². The largest absolute Gasteiger partial charge is 0.496 e. The molecule has 0 aliphatic carbocycles. The topological polar surface area (TPSA) is 61.9 Å². The van der Waals surface area contributed by atoms with Gasteiger partial charge in [-0.15, -0.1) is 0 Å². The predicted molar refractivity (Wildman–Crippen MR) is 128 cm³/mol. The van der Waals surface area contributed by atoms with Crippen LogP contribution >= 0.6 is 0 Å². The first-order valence-corrected chi connectivity index (χ1v) is 10.3. The molecule has 0 spiro atoms. The van der Waals surface area contributed by atoms with E-state index in [1.54, 1.807) is 31.4 Å². The van der Waals surface area contributed by atoms with Crippen molar-refractivity contribution in [3.05, 3.63) is 89.6 Å². The van der Waals surface area contributed by atoms with E-state index in [-0.39, 0.29) is 11.3 Å². The molecule has 32 heavy (non-hydrogen) atoms. The highest BCUT2D eigenvalue weighted by Gasteiger charge is 2.41. The average Bonchev–Trinajstić information content (AvgIpc) is 3.04. The number of carbonyl (C=O) groups is 2. The summed E-state index contributed by atoms with van der Waals surface area (Å²) in [6.07, 6.45) is 0. The number of amides is 2. The molecule has 0 fully saturated rings. The van der Waals surface area contributed by atoms with Crippen molar-refractivity contribution >= 4 is 34.4 Å². The zero-order valence-electron chi connectivity index (χ0n) is 18.5. The number of para-hydroxylation sites is 1. The lowest BCUT2D eigenvalue weighted by molar-refractivity contribution is -0.120. The summed E-state index contributed by atoms with van der Waals surface area (Å²) in [6, 6.07) is 22.2. The SMILES string of the molecule is COc1ccccc1C1=C(Nc2ccc(N(C)C)cc2)C(=O)N(c2ccc(C)cc2)C1=O. The molecule has 0 unspecified atom stereocenters. The number of anilines is 3. The minimum Gasteiger partial charge on any atom is -0.496 e. The second kappa shape index (κ2) is 8.59. The molecule has 6 heteroatoms. The van der Waals surface area contributed by atoms with Crippen molar-refractivity contribution in [2.75, 3.05) is 36.3 Å². The Morgan fingerprint density at radius 2 is 1.50 bits per heavy atom. The van der Waals surface area contributed by atoms with Crippen LogP contribution in [0, 0.1) is 6.92 Å². The Bertz CT molecular complexity index is 1200. The third-order valence-corrected chi connectivity index (χ3v) is 5.41. The van der Waals surface area contributed by atoms with Crippen LogP contribution in [-0.4, -0.2) is 33.0 Å². The Balaban J connectivity index is 1.81. The second-order valence-electron chi connectivity index (χ2n) is 7.80. The van der Waals surface area contributed by atoms with Gasteiger partial charge in [-0.05, 0) is 49.4 Å². The van der Waals surface area contributed by atoms with Gasteiger partial charge >= 0.3 is 0 Å². The Morgan fingerprint density at radius 3 is 2.12 bits per heavy atom. The highest BCUT2D eigenvalue weighted by atomic mass is 16.5. The summed E-state index contributed by atoms with van der Waals surface area (Å²) in [6.45, 7) is 1.96. The van der Waals surface area contributed by atoms with Crippen LogP contribution in [0.4, 0.5) is 17.1 Å². The van der Waals surface area contributed by atoms with Crippen LogP contribution < -0.4 is 19.9 Å². The number of hydrogen-bond acceptors (Lipinski definition) is 5. The maximum atomic E-state index is 13.6. The lowest BCUT2D eigenvalue weighted by Crippen LogP contribution is -2.32. The van der Waals surface area contributed by atoms with E-state index in [2.05, 4.69) is 5.32 Å². The Kier molecular flexibility index (Phi) is 5.69. The smallest absolute Gasteiger partial charge is 0.282 e. The van der Waals surface area contributed by atoms with E-state index >= 15 is 0 Å². The van der Waals surface area contributed by atoms with Crippen LogP contribution in [-0.2, 0) is 9.59 Å². The summed E-state index contributed by atoms with van der Waals surface area (Å²) in [7, 11) is 5.47. The second-order valence-corrected chi connectivity index (χ2v) is 7.80. The summed E-state index contributed by atoms with van der Waals surface area (Å²) >= 11 is 0. The molecule has 0 bridgehead atoms. The summed E-state index contributed by atoms with van der Waals surface area (Å²) < 4.78 is 5.49. The normalized spacial score (nSPS) is 13.6. The first-order valence-electron chi connectivity index (χ1n) is 10.3. The minimum absolute atomic E-state index is 0.220. The van der Waals surface area contributed by atoms with E-state index in [1.807, 2.05) is 74.4 Å². The number of methoxy groups -OCH3 is 1. The van der Waals surface area contributed by atoms with Crippen molar-refractivity contribution < 1.29 is 14.3 Å². The van der Waals surface area contributed by atoms with E-state index in [9.17, 15) is 9.59 Å². The Morgan fingerprint density at radius 1 is 0.844 bits per heavy atom. The van der Waals surface area contributed by atoms with E-state index < -0.39 is 11.8 Å². The summed E-state index contributed by atoms with van der Waals surface area (Å²) in [5.41, 5.74) is 4.38. The molecule has 1 heterocycles. The molecule has 1 N–H and O–H groups in total. The van der Waals surface area contributed by atoms with Gasteiger partial charge in [-0.1, -0.05) is 35.9 Å². The molecule has 3 aromatic carbocycles. The number of rotatable bonds is 6. The molecule has 3 aromatic rings. The quantitative estimate of drug-likeness (QED) is 0.589.